The van der Waals surface area contributed by atoms with E-state index in [0.717, 1.165) is 11.1 Å². The zero-order valence-electron chi connectivity index (χ0n) is 11.3. The minimum atomic E-state index is -0.711. The normalized spacial score (nSPS) is 11.9. The Balaban J connectivity index is 2.02. The summed E-state index contributed by atoms with van der Waals surface area (Å²) in [6.45, 7) is 1.83. The Kier molecular flexibility index (Phi) is 4.48. The van der Waals surface area contributed by atoms with Crippen molar-refractivity contribution in [1.29, 1.82) is 0 Å². The van der Waals surface area contributed by atoms with E-state index in [1.807, 2.05) is 37.3 Å². The summed E-state index contributed by atoms with van der Waals surface area (Å²) in [6.07, 6.45) is 0.417. The van der Waals surface area contributed by atoms with E-state index in [4.69, 9.17) is 5.73 Å². The Morgan fingerprint density at radius 3 is 2.65 bits per heavy atom. The molecule has 1 unspecified atom stereocenters. The molecule has 0 radical (unpaired) electrons. The van der Waals surface area contributed by atoms with Gasteiger partial charge < -0.3 is 11.1 Å². The molecule has 2 rings (SSSR count). The summed E-state index contributed by atoms with van der Waals surface area (Å²) in [5.41, 5.74) is 7.86. The Labute approximate surface area is 117 Å². The van der Waals surface area contributed by atoms with Crippen LogP contribution in [0.1, 0.15) is 11.1 Å². The molecule has 0 aromatic heterocycles. The van der Waals surface area contributed by atoms with Gasteiger partial charge >= 0.3 is 0 Å². The molecule has 1 amide bonds. The molecule has 0 spiro atoms. The van der Waals surface area contributed by atoms with Gasteiger partial charge in [-0.2, -0.15) is 0 Å². The van der Waals surface area contributed by atoms with Crippen molar-refractivity contribution in [3.63, 3.8) is 0 Å². The van der Waals surface area contributed by atoms with Gasteiger partial charge in [-0.25, -0.2) is 4.39 Å². The van der Waals surface area contributed by atoms with Crippen molar-refractivity contribution in [2.45, 2.75) is 19.4 Å². The number of anilines is 1. The molecule has 0 heterocycles. The molecule has 104 valence electrons. The number of hydrogen-bond acceptors (Lipinski definition) is 2. The van der Waals surface area contributed by atoms with Gasteiger partial charge in [0.25, 0.3) is 0 Å². The van der Waals surface area contributed by atoms with E-state index in [1.165, 1.54) is 6.07 Å². The van der Waals surface area contributed by atoms with Crippen molar-refractivity contribution in [3.8, 4) is 0 Å². The molecule has 0 aliphatic rings. The van der Waals surface area contributed by atoms with Gasteiger partial charge in [0.15, 0.2) is 0 Å². The van der Waals surface area contributed by atoms with E-state index < -0.39 is 17.8 Å². The average molecular weight is 272 g/mol. The number of benzene rings is 2. The molecular weight excluding hydrogens is 255 g/mol. The molecule has 2 aromatic rings. The van der Waals surface area contributed by atoms with Gasteiger partial charge in [-0.3, -0.25) is 4.79 Å². The number of aryl methyl sites for hydroxylation is 1. The summed E-state index contributed by atoms with van der Waals surface area (Å²) in [7, 11) is 0. The molecule has 20 heavy (non-hydrogen) atoms. The second-order valence-electron chi connectivity index (χ2n) is 4.77. The van der Waals surface area contributed by atoms with Crippen LogP contribution in [0, 0.1) is 12.7 Å². The monoisotopic (exact) mass is 272 g/mol. The second-order valence-corrected chi connectivity index (χ2v) is 4.77. The molecule has 3 N–H and O–H groups in total. The van der Waals surface area contributed by atoms with Gasteiger partial charge in [0.2, 0.25) is 5.91 Å². The van der Waals surface area contributed by atoms with Crippen molar-refractivity contribution < 1.29 is 9.18 Å². The first kappa shape index (κ1) is 14.2. The number of halogens is 1. The third-order valence-corrected chi connectivity index (χ3v) is 3.01. The molecule has 1 atom stereocenters. The van der Waals surface area contributed by atoms with Crippen LogP contribution >= 0.6 is 0 Å². The molecule has 0 aliphatic heterocycles. The lowest BCUT2D eigenvalue weighted by Gasteiger charge is -2.13. The Hall–Kier alpha value is -2.20. The quantitative estimate of drug-likeness (QED) is 0.899. The number of amides is 1. The maximum atomic E-state index is 13.6. The van der Waals surface area contributed by atoms with Crippen molar-refractivity contribution in [1.82, 2.24) is 0 Å². The van der Waals surface area contributed by atoms with E-state index in [1.54, 1.807) is 12.1 Å². The number of nitrogens with one attached hydrogen (secondary N) is 1. The smallest absolute Gasteiger partial charge is 0.241 e. The zero-order valence-corrected chi connectivity index (χ0v) is 11.3. The average Bonchev–Trinajstić information content (AvgIpc) is 2.44. The predicted octanol–water partition coefficient (Wildman–Crippen LogP) is 2.64. The third kappa shape index (κ3) is 3.65. The van der Waals surface area contributed by atoms with Gasteiger partial charge in [0.05, 0.1) is 11.7 Å². The highest BCUT2D eigenvalue weighted by Crippen LogP contribution is 2.16. The maximum absolute atomic E-state index is 13.6. The fourth-order valence-corrected chi connectivity index (χ4v) is 1.92. The number of nitrogens with two attached hydrogens (primary N) is 1. The molecule has 4 heteroatoms. The number of carbonyl (C=O) groups is 1. The van der Waals surface area contributed by atoms with Crippen LogP contribution in [-0.2, 0) is 11.2 Å². The molecule has 0 saturated heterocycles. The Morgan fingerprint density at radius 2 is 1.95 bits per heavy atom. The van der Waals surface area contributed by atoms with Crippen LogP contribution in [0.2, 0.25) is 0 Å². The standard InChI is InChI=1S/C16H17FN2O/c1-11-7-8-13(17)15(9-11)19-16(20)14(18)10-12-5-3-2-4-6-12/h2-9,14H,10,18H2,1H3,(H,19,20). The molecule has 0 fully saturated rings. The first-order valence-corrected chi connectivity index (χ1v) is 6.43. The van der Waals surface area contributed by atoms with Gasteiger partial charge in [-0.1, -0.05) is 36.4 Å². The summed E-state index contributed by atoms with van der Waals surface area (Å²) in [4.78, 5) is 12.0. The molecule has 3 nitrogen and oxygen atoms in total. The van der Waals surface area contributed by atoms with Crippen LogP contribution in [0.5, 0.6) is 0 Å². The van der Waals surface area contributed by atoms with Crippen LogP contribution < -0.4 is 11.1 Å². The van der Waals surface area contributed by atoms with Gasteiger partial charge in [-0.05, 0) is 36.6 Å². The molecule has 0 bridgehead atoms. The fourth-order valence-electron chi connectivity index (χ4n) is 1.92. The van der Waals surface area contributed by atoms with E-state index >= 15 is 0 Å². The molecule has 0 saturated carbocycles. The molecular formula is C16H17FN2O. The van der Waals surface area contributed by atoms with Gasteiger partial charge in [0.1, 0.15) is 5.82 Å². The van der Waals surface area contributed by atoms with Crippen LogP contribution in [-0.4, -0.2) is 11.9 Å². The summed E-state index contributed by atoms with van der Waals surface area (Å²) < 4.78 is 13.6. The Bertz CT molecular complexity index is 599. The predicted molar refractivity (Wildman–Crippen MR) is 77.9 cm³/mol. The zero-order chi connectivity index (χ0) is 14.5. The fraction of sp³-hybridized carbons (Fsp3) is 0.188. The maximum Gasteiger partial charge on any atom is 0.241 e. The SMILES string of the molecule is Cc1ccc(F)c(NC(=O)C(N)Cc2ccccc2)c1. The summed E-state index contributed by atoms with van der Waals surface area (Å²) in [6, 6.07) is 13.3. The highest BCUT2D eigenvalue weighted by Gasteiger charge is 2.15. The largest absolute Gasteiger partial charge is 0.322 e. The lowest BCUT2D eigenvalue weighted by atomic mass is 10.1. The van der Waals surface area contributed by atoms with Crippen LogP contribution in [0.3, 0.4) is 0 Å². The highest BCUT2D eigenvalue weighted by molar-refractivity contribution is 5.95. The third-order valence-electron chi connectivity index (χ3n) is 3.01. The van der Waals surface area contributed by atoms with E-state index in [0.29, 0.717) is 6.42 Å². The molecule has 0 aliphatic carbocycles. The minimum Gasteiger partial charge on any atom is -0.322 e. The number of hydrogen-bond donors (Lipinski definition) is 2. The van der Waals surface area contributed by atoms with Crippen molar-refractivity contribution >= 4 is 11.6 Å². The molecule has 2 aromatic carbocycles. The van der Waals surface area contributed by atoms with Crippen molar-refractivity contribution in [2.24, 2.45) is 5.73 Å². The first-order valence-electron chi connectivity index (χ1n) is 6.43. The van der Waals surface area contributed by atoms with Crippen molar-refractivity contribution in [3.05, 3.63) is 65.5 Å². The van der Waals surface area contributed by atoms with E-state index in [-0.39, 0.29) is 5.69 Å². The van der Waals surface area contributed by atoms with Crippen LogP contribution in [0.4, 0.5) is 10.1 Å². The van der Waals surface area contributed by atoms with Crippen LogP contribution in [0.25, 0.3) is 0 Å². The van der Waals surface area contributed by atoms with Crippen LogP contribution in [0.15, 0.2) is 48.5 Å². The summed E-state index contributed by atoms with van der Waals surface area (Å²) in [5, 5.41) is 2.53. The summed E-state index contributed by atoms with van der Waals surface area (Å²) >= 11 is 0. The minimum absolute atomic E-state index is 0.165. The highest BCUT2D eigenvalue weighted by atomic mass is 19.1. The Morgan fingerprint density at radius 1 is 1.25 bits per heavy atom. The van der Waals surface area contributed by atoms with E-state index in [2.05, 4.69) is 5.32 Å². The lowest BCUT2D eigenvalue weighted by molar-refractivity contribution is -0.117. The lowest BCUT2D eigenvalue weighted by Crippen LogP contribution is -2.37. The van der Waals surface area contributed by atoms with Gasteiger partial charge in [0, 0.05) is 0 Å². The van der Waals surface area contributed by atoms with E-state index in [9.17, 15) is 9.18 Å². The van der Waals surface area contributed by atoms with Gasteiger partial charge in [-0.15, -0.1) is 0 Å². The topological polar surface area (TPSA) is 55.1 Å². The number of carbonyl (C=O) groups excluding carboxylic acids is 1. The summed E-state index contributed by atoms with van der Waals surface area (Å²) in [5.74, 6) is -0.853. The number of rotatable bonds is 4. The van der Waals surface area contributed by atoms with Crippen molar-refractivity contribution in [2.75, 3.05) is 5.32 Å². The second kappa shape index (κ2) is 6.30. The first-order chi connectivity index (χ1) is 9.56.